The molecule has 1 aliphatic rings. The molecule has 1 saturated heterocycles. The molecule has 0 radical (unpaired) electrons. The highest BCUT2D eigenvalue weighted by atomic mass is 35.5. The number of piperidine rings is 1. The molecule has 3 nitrogen and oxygen atoms in total. The Labute approximate surface area is 104 Å². The SMILES string of the molecule is NCC1CCCN(C(=O)c2sccc2Cl)C1. The molecule has 2 heterocycles. The third-order valence-electron chi connectivity index (χ3n) is 2.95. The van der Waals surface area contributed by atoms with Crippen LogP contribution in [0.25, 0.3) is 0 Å². The molecule has 16 heavy (non-hydrogen) atoms. The third kappa shape index (κ3) is 2.39. The van der Waals surface area contributed by atoms with Crippen LogP contribution >= 0.6 is 22.9 Å². The average molecular weight is 259 g/mol. The Bertz CT molecular complexity index is 380. The molecule has 0 bridgehead atoms. The first-order valence-corrected chi connectivity index (χ1v) is 6.70. The van der Waals surface area contributed by atoms with Crippen molar-refractivity contribution in [2.24, 2.45) is 11.7 Å². The Kier molecular flexibility index (Phi) is 3.84. The van der Waals surface area contributed by atoms with Gasteiger partial charge in [0.05, 0.1) is 5.02 Å². The number of nitrogens with zero attached hydrogens (tertiary/aromatic N) is 1. The quantitative estimate of drug-likeness (QED) is 0.884. The molecule has 1 amide bonds. The van der Waals surface area contributed by atoms with E-state index in [0.717, 1.165) is 25.9 Å². The largest absolute Gasteiger partial charge is 0.338 e. The van der Waals surface area contributed by atoms with Crippen LogP contribution in [0.1, 0.15) is 22.5 Å². The van der Waals surface area contributed by atoms with Crippen molar-refractivity contribution < 1.29 is 4.79 Å². The zero-order valence-electron chi connectivity index (χ0n) is 8.99. The summed E-state index contributed by atoms with van der Waals surface area (Å²) in [6.07, 6.45) is 2.16. The van der Waals surface area contributed by atoms with Crippen molar-refractivity contribution in [2.75, 3.05) is 19.6 Å². The molecule has 1 unspecified atom stereocenters. The van der Waals surface area contributed by atoms with Gasteiger partial charge in [0.15, 0.2) is 0 Å². The van der Waals surface area contributed by atoms with Crippen LogP contribution in [0.3, 0.4) is 0 Å². The number of hydrogen-bond donors (Lipinski definition) is 1. The maximum Gasteiger partial charge on any atom is 0.265 e. The molecule has 1 atom stereocenters. The second-order valence-electron chi connectivity index (χ2n) is 4.09. The molecule has 5 heteroatoms. The topological polar surface area (TPSA) is 46.3 Å². The standard InChI is InChI=1S/C11H15ClN2OS/c12-9-3-5-16-10(9)11(15)14-4-1-2-8(6-13)7-14/h3,5,8H,1-2,4,6-7,13H2. The van der Waals surface area contributed by atoms with E-state index in [9.17, 15) is 4.79 Å². The minimum atomic E-state index is 0.0538. The zero-order valence-corrected chi connectivity index (χ0v) is 10.6. The molecule has 0 saturated carbocycles. The minimum Gasteiger partial charge on any atom is -0.338 e. The van der Waals surface area contributed by atoms with E-state index in [0.29, 0.717) is 22.4 Å². The lowest BCUT2D eigenvalue weighted by atomic mass is 9.98. The number of halogens is 1. The maximum atomic E-state index is 12.2. The van der Waals surface area contributed by atoms with E-state index in [-0.39, 0.29) is 5.91 Å². The fraction of sp³-hybridized carbons (Fsp3) is 0.545. The second kappa shape index (κ2) is 5.17. The highest BCUT2D eigenvalue weighted by Crippen LogP contribution is 2.25. The number of rotatable bonds is 2. The summed E-state index contributed by atoms with van der Waals surface area (Å²) in [6, 6.07) is 1.77. The van der Waals surface area contributed by atoms with E-state index < -0.39 is 0 Å². The first-order chi connectivity index (χ1) is 7.72. The van der Waals surface area contributed by atoms with Gasteiger partial charge in [-0.05, 0) is 36.8 Å². The van der Waals surface area contributed by atoms with Crippen LogP contribution in [0.15, 0.2) is 11.4 Å². The van der Waals surface area contributed by atoms with E-state index >= 15 is 0 Å². The van der Waals surface area contributed by atoms with Gasteiger partial charge in [0.25, 0.3) is 5.91 Å². The number of nitrogens with two attached hydrogens (primary N) is 1. The first-order valence-electron chi connectivity index (χ1n) is 5.44. The first kappa shape index (κ1) is 11.9. The summed E-state index contributed by atoms with van der Waals surface area (Å²) >= 11 is 7.37. The lowest BCUT2D eigenvalue weighted by Gasteiger charge is -2.31. The van der Waals surface area contributed by atoms with Crippen LogP contribution in [-0.4, -0.2) is 30.4 Å². The predicted molar refractivity (Wildman–Crippen MR) is 67.0 cm³/mol. The molecule has 1 fully saturated rings. The van der Waals surface area contributed by atoms with Gasteiger partial charge < -0.3 is 10.6 Å². The molecule has 1 aromatic heterocycles. The minimum absolute atomic E-state index is 0.0538. The van der Waals surface area contributed by atoms with E-state index in [1.165, 1.54) is 11.3 Å². The van der Waals surface area contributed by atoms with E-state index in [1.54, 1.807) is 6.07 Å². The Morgan fingerprint density at radius 3 is 3.12 bits per heavy atom. The van der Waals surface area contributed by atoms with Gasteiger partial charge in [-0.2, -0.15) is 0 Å². The summed E-state index contributed by atoms with van der Waals surface area (Å²) in [5, 5.41) is 2.41. The molecule has 0 spiro atoms. The van der Waals surface area contributed by atoms with Crippen molar-refractivity contribution in [1.29, 1.82) is 0 Å². The van der Waals surface area contributed by atoms with Gasteiger partial charge in [0, 0.05) is 13.1 Å². The number of hydrogen-bond acceptors (Lipinski definition) is 3. The van der Waals surface area contributed by atoms with Gasteiger partial charge in [0.2, 0.25) is 0 Å². The molecule has 2 rings (SSSR count). The normalized spacial score (nSPS) is 21.1. The van der Waals surface area contributed by atoms with Crippen molar-refractivity contribution in [1.82, 2.24) is 4.90 Å². The second-order valence-corrected chi connectivity index (χ2v) is 5.42. The number of thiophene rings is 1. The Balaban J connectivity index is 2.07. The number of amides is 1. The van der Waals surface area contributed by atoms with Crippen LogP contribution in [0.4, 0.5) is 0 Å². The fourth-order valence-electron chi connectivity index (χ4n) is 2.03. The summed E-state index contributed by atoms with van der Waals surface area (Å²) < 4.78 is 0. The molecular weight excluding hydrogens is 244 g/mol. The highest BCUT2D eigenvalue weighted by molar-refractivity contribution is 7.12. The van der Waals surface area contributed by atoms with Gasteiger partial charge in [-0.1, -0.05) is 11.6 Å². The number of carbonyl (C=O) groups excluding carboxylic acids is 1. The third-order valence-corrected chi connectivity index (χ3v) is 4.28. The number of likely N-dealkylation sites (tertiary alicyclic amines) is 1. The van der Waals surface area contributed by atoms with E-state index in [4.69, 9.17) is 17.3 Å². The molecular formula is C11H15ClN2OS. The molecule has 0 aromatic carbocycles. The van der Waals surface area contributed by atoms with Gasteiger partial charge in [-0.3, -0.25) is 4.79 Å². The Hall–Kier alpha value is -0.580. The zero-order chi connectivity index (χ0) is 11.5. The van der Waals surface area contributed by atoms with Crippen LogP contribution in [0.5, 0.6) is 0 Å². The fourth-order valence-corrected chi connectivity index (χ4v) is 3.13. The Morgan fingerprint density at radius 1 is 1.69 bits per heavy atom. The van der Waals surface area contributed by atoms with Crippen molar-refractivity contribution in [3.05, 3.63) is 21.3 Å². The van der Waals surface area contributed by atoms with Gasteiger partial charge in [0.1, 0.15) is 4.88 Å². The van der Waals surface area contributed by atoms with Crippen molar-refractivity contribution in [3.63, 3.8) is 0 Å². The molecule has 1 aromatic rings. The predicted octanol–water partition coefficient (Wildman–Crippen LogP) is 2.21. The average Bonchev–Trinajstić information content (AvgIpc) is 2.74. The van der Waals surface area contributed by atoms with Gasteiger partial charge in [-0.25, -0.2) is 0 Å². The van der Waals surface area contributed by atoms with Crippen molar-refractivity contribution in [3.8, 4) is 0 Å². The lowest BCUT2D eigenvalue weighted by molar-refractivity contribution is 0.0683. The monoisotopic (exact) mass is 258 g/mol. The lowest BCUT2D eigenvalue weighted by Crippen LogP contribution is -2.41. The van der Waals surface area contributed by atoms with Crippen LogP contribution in [-0.2, 0) is 0 Å². The van der Waals surface area contributed by atoms with Crippen LogP contribution in [0.2, 0.25) is 5.02 Å². The highest BCUT2D eigenvalue weighted by Gasteiger charge is 2.25. The molecule has 1 aliphatic heterocycles. The maximum absolute atomic E-state index is 12.2. The van der Waals surface area contributed by atoms with Gasteiger partial charge >= 0.3 is 0 Å². The Morgan fingerprint density at radius 2 is 2.50 bits per heavy atom. The molecule has 2 N–H and O–H groups in total. The number of carbonyl (C=O) groups is 1. The van der Waals surface area contributed by atoms with Crippen molar-refractivity contribution >= 4 is 28.8 Å². The van der Waals surface area contributed by atoms with Gasteiger partial charge in [-0.15, -0.1) is 11.3 Å². The molecule has 88 valence electrons. The van der Waals surface area contributed by atoms with Crippen molar-refractivity contribution in [2.45, 2.75) is 12.8 Å². The van der Waals surface area contributed by atoms with E-state index in [1.807, 2.05) is 10.3 Å². The van der Waals surface area contributed by atoms with Crippen LogP contribution in [0, 0.1) is 5.92 Å². The summed E-state index contributed by atoms with van der Waals surface area (Å²) in [5.74, 6) is 0.495. The summed E-state index contributed by atoms with van der Waals surface area (Å²) in [6.45, 7) is 2.25. The smallest absolute Gasteiger partial charge is 0.265 e. The molecule has 0 aliphatic carbocycles. The van der Waals surface area contributed by atoms with Crippen LogP contribution < -0.4 is 5.73 Å². The summed E-state index contributed by atoms with van der Waals surface area (Å²) in [7, 11) is 0. The summed E-state index contributed by atoms with van der Waals surface area (Å²) in [5.41, 5.74) is 5.65. The summed E-state index contributed by atoms with van der Waals surface area (Å²) in [4.78, 5) is 14.7. The van der Waals surface area contributed by atoms with E-state index in [2.05, 4.69) is 0 Å².